The number of hydrogen-bond donors (Lipinski definition) is 3. The summed E-state index contributed by atoms with van der Waals surface area (Å²) in [6.45, 7) is 3.89. The molecule has 2 aromatic carbocycles. The van der Waals surface area contributed by atoms with Crippen LogP contribution < -0.4 is 16.4 Å². The van der Waals surface area contributed by atoms with Crippen molar-refractivity contribution in [3.05, 3.63) is 60.4 Å². The molecule has 0 aliphatic heterocycles. The third-order valence-electron chi connectivity index (χ3n) is 5.26. The first-order valence-electron chi connectivity index (χ1n) is 10.6. The van der Waals surface area contributed by atoms with Crippen molar-refractivity contribution in [2.75, 3.05) is 16.4 Å². The van der Waals surface area contributed by atoms with Crippen LogP contribution in [0.25, 0.3) is 22.3 Å². The van der Waals surface area contributed by atoms with Crippen LogP contribution in [0.15, 0.2) is 54.9 Å². The molecule has 4 N–H and O–H groups in total. The molecule has 0 spiro atoms. The minimum absolute atomic E-state index is 0.00905. The van der Waals surface area contributed by atoms with Crippen LogP contribution in [-0.2, 0) is 5.92 Å². The molecule has 13 heteroatoms. The number of urea groups is 1. The quantitative estimate of drug-likeness (QED) is 0.290. The number of nitrogen functional groups attached to an aromatic ring is 1. The Balaban J connectivity index is 1.52. The van der Waals surface area contributed by atoms with E-state index in [1.807, 2.05) is 13.8 Å². The summed E-state index contributed by atoms with van der Waals surface area (Å²) in [7, 11) is 0. The number of alkyl halides is 5. The normalized spacial score (nSPS) is 12.2. The van der Waals surface area contributed by atoms with E-state index >= 15 is 0 Å². The molecule has 0 aliphatic carbocycles. The molecule has 0 fully saturated rings. The van der Waals surface area contributed by atoms with Crippen molar-refractivity contribution in [2.24, 2.45) is 0 Å². The molecule has 0 bridgehead atoms. The minimum Gasteiger partial charge on any atom is -0.383 e. The first-order valence-corrected chi connectivity index (χ1v) is 10.6. The summed E-state index contributed by atoms with van der Waals surface area (Å²) >= 11 is 0. The van der Waals surface area contributed by atoms with Crippen molar-refractivity contribution >= 4 is 34.3 Å². The maximum absolute atomic E-state index is 13.6. The van der Waals surface area contributed by atoms with Gasteiger partial charge >= 0.3 is 18.1 Å². The first kappa shape index (κ1) is 24.8. The standard InChI is InChI=1S/C23H20F5N7O/c1-12(2)35-20-17(19(29)30-11-31-20)18(34-35)13-6-8-15(9-7-13)32-21(36)33-16-5-3-4-14(10-16)22(24,25)23(26,27)28/h3-12H,1-2H3,(H2,29,30,31)(H2,32,33,36). The molecule has 0 saturated carbocycles. The number of aromatic nitrogens is 4. The average molecular weight is 505 g/mol. The number of rotatable bonds is 5. The van der Waals surface area contributed by atoms with E-state index in [0.717, 1.165) is 6.07 Å². The summed E-state index contributed by atoms with van der Waals surface area (Å²) in [4.78, 5) is 20.6. The van der Waals surface area contributed by atoms with Gasteiger partial charge in [-0.1, -0.05) is 24.3 Å². The molecule has 0 atom stereocenters. The predicted octanol–water partition coefficient (Wildman–Crippen LogP) is 5.95. The fraction of sp³-hybridized carbons (Fsp3) is 0.217. The van der Waals surface area contributed by atoms with Crippen molar-refractivity contribution in [1.29, 1.82) is 0 Å². The molecule has 36 heavy (non-hydrogen) atoms. The van der Waals surface area contributed by atoms with Crippen LogP contribution in [0.2, 0.25) is 0 Å². The molecule has 0 aliphatic rings. The molecule has 2 amide bonds. The average Bonchev–Trinajstić information content (AvgIpc) is 3.20. The highest BCUT2D eigenvalue weighted by molar-refractivity contribution is 6.01. The second-order valence-electron chi connectivity index (χ2n) is 8.15. The lowest BCUT2D eigenvalue weighted by Gasteiger charge is -2.20. The zero-order chi connectivity index (χ0) is 26.3. The second kappa shape index (κ2) is 9.06. The Bertz CT molecular complexity index is 1410. The molecule has 188 valence electrons. The van der Waals surface area contributed by atoms with Gasteiger partial charge in [0.1, 0.15) is 17.8 Å². The van der Waals surface area contributed by atoms with Gasteiger partial charge in [0, 0.05) is 28.5 Å². The van der Waals surface area contributed by atoms with E-state index in [0.29, 0.717) is 40.1 Å². The Morgan fingerprint density at radius 1 is 0.972 bits per heavy atom. The highest BCUT2D eigenvalue weighted by Crippen LogP contribution is 2.44. The summed E-state index contributed by atoms with van der Waals surface area (Å²) in [5.41, 5.74) is 6.69. The van der Waals surface area contributed by atoms with Crippen LogP contribution in [0, 0.1) is 0 Å². The van der Waals surface area contributed by atoms with E-state index in [9.17, 15) is 26.7 Å². The maximum Gasteiger partial charge on any atom is 0.458 e. The zero-order valence-electron chi connectivity index (χ0n) is 18.9. The van der Waals surface area contributed by atoms with Crippen molar-refractivity contribution in [3.8, 4) is 11.3 Å². The van der Waals surface area contributed by atoms with Gasteiger partial charge in [0.15, 0.2) is 5.65 Å². The minimum atomic E-state index is -5.76. The van der Waals surface area contributed by atoms with E-state index in [2.05, 4.69) is 25.7 Å². The summed E-state index contributed by atoms with van der Waals surface area (Å²) in [5.74, 6) is -4.79. The van der Waals surface area contributed by atoms with Crippen LogP contribution in [0.1, 0.15) is 25.5 Å². The molecule has 0 radical (unpaired) electrons. The Kier molecular flexibility index (Phi) is 6.24. The predicted molar refractivity (Wildman–Crippen MR) is 125 cm³/mol. The number of nitrogens with zero attached hydrogens (tertiary/aromatic N) is 4. The molecule has 2 aromatic heterocycles. The van der Waals surface area contributed by atoms with Crippen molar-refractivity contribution in [3.63, 3.8) is 0 Å². The molecule has 4 rings (SSSR count). The van der Waals surface area contributed by atoms with Gasteiger partial charge in [0.2, 0.25) is 0 Å². The first-order chi connectivity index (χ1) is 16.9. The van der Waals surface area contributed by atoms with Gasteiger partial charge in [-0.2, -0.15) is 27.1 Å². The zero-order valence-corrected chi connectivity index (χ0v) is 18.9. The number of anilines is 3. The number of benzene rings is 2. The fourth-order valence-corrected chi connectivity index (χ4v) is 3.52. The van der Waals surface area contributed by atoms with Gasteiger partial charge in [0.25, 0.3) is 0 Å². The monoisotopic (exact) mass is 505 g/mol. The highest BCUT2D eigenvalue weighted by atomic mass is 19.4. The lowest BCUT2D eigenvalue weighted by molar-refractivity contribution is -0.289. The third kappa shape index (κ3) is 4.63. The Labute approximate surface area is 201 Å². The molecule has 2 heterocycles. The lowest BCUT2D eigenvalue weighted by Crippen LogP contribution is -2.33. The molecule has 0 unspecified atom stereocenters. The smallest absolute Gasteiger partial charge is 0.383 e. The lowest BCUT2D eigenvalue weighted by atomic mass is 10.1. The number of nitrogens with one attached hydrogen (secondary N) is 2. The molecular formula is C23H20F5N7O. The third-order valence-corrected chi connectivity index (χ3v) is 5.26. The summed E-state index contributed by atoms with van der Waals surface area (Å²) in [6.07, 6.45) is -4.41. The largest absolute Gasteiger partial charge is 0.458 e. The number of hydrogen-bond acceptors (Lipinski definition) is 5. The van der Waals surface area contributed by atoms with Crippen LogP contribution >= 0.6 is 0 Å². The number of carbonyl (C=O) groups is 1. The Morgan fingerprint density at radius 3 is 2.28 bits per heavy atom. The Hall–Kier alpha value is -4.29. The van der Waals surface area contributed by atoms with Crippen LogP contribution in [0.3, 0.4) is 0 Å². The highest BCUT2D eigenvalue weighted by Gasteiger charge is 2.58. The summed E-state index contributed by atoms with van der Waals surface area (Å²) < 4.78 is 66.8. The van der Waals surface area contributed by atoms with Gasteiger partial charge in [-0.05, 0) is 38.1 Å². The van der Waals surface area contributed by atoms with E-state index < -0.39 is 23.7 Å². The number of amides is 2. The SMILES string of the molecule is CC(C)n1nc(-c2ccc(NC(=O)Nc3cccc(C(F)(F)C(F)(F)F)c3)cc2)c2c(N)ncnc21. The number of nitrogens with two attached hydrogens (primary N) is 1. The van der Waals surface area contributed by atoms with Crippen LogP contribution in [-0.4, -0.2) is 32.0 Å². The number of carbonyl (C=O) groups excluding carboxylic acids is 1. The molecule has 8 nitrogen and oxygen atoms in total. The van der Waals surface area contributed by atoms with E-state index in [1.54, 1.807) is 28.9 Å². The van der Waals surface area contributed by atoms with Crippen LogP contribution in [0.5, 0.6) is 0 Å². The van der Waals surface area contributed by atoms with Gasteiger partial charge in [-0.25, -0.2) is 19.4 Å². The second-order valence-corrected chi connectivity index (χ2v) is 8.15. The number of halogens is 5. The van der Waals surface area contributed by atoms with Crippen LogP contribution in [0.4, 0.5) is 43.9 Å². The maximum atomic E-state index is 13.6. The molecule has 0 saturated heterocycles. The topological polar surface area (TPSA) is 111 Å². The number of fused-ring (bicyclic) bond motifs is 1. The summed E-state index contributed by atoms with van der Waals surface area (Å²) in [5, 5.41) is 9.93. The fourth-order valence-electron chi connectivity index (χ4n) is 3.52. The van der Waals surface area contributed by atoms with E-state index in [4.69, 9.17) is 5.73 Å². The van der Waals surface area contributed by atoms with Gasteiger partial charge in [-0.15, -0.1) is 0 Å². The summed E-state index contributed by atoms with van der Waals surface area (Å²) in [6, 6.07) is 9.08. The molecule has 4 aromatic rings. The van der Waals surface area contributed by atoms with Gasteiger partial charge in [0.05, 0.1) is 5.39 Å². The Morgan fingerprint density at radius 2 is 1.64 bits per heavy atom. The van der Waals surface area contributed by atoms with E-state index in [1.165, 1.54) is 12.4 Å². The molecular weight excluding hydrogens is 485 g/mol. The van der Waals surface area contributed by atoms with E-state index in [-0.39, 0.29) is 17.5 Å². The van der Waals surface area contributed by atoms with Crippen molar-refractivity contribution < 1.29 is 26.7 Å². The van der Waals surface area contributed by atoms with Crippen molar-refractivity contribution in [1.82, 2.24) is 19.7 Å². The van der Waals surface area contributed by atoms with Gasteiger partial charge < -0.3 is 16.4 Å². The van der Waals surface area contributed by atoms with Crippen molar-refractivity contribution in [2.45, 2.75) is 32.0 Å². The van der Waals surface area contributed by atoms with Gasteiger partial charge in [-0.3, -0.25) is 0 Å².